The third-order valence-corrected chi connectivity index (χ3v) is 4.15. The van der Waals surface area contributed by atoms with E-state index in [-0.39, 0.29) is 0 Å². The van der Waals surface area contributed by atoms with Crippen molar-refractivity contribution in [3.05, 3.63) is 65.2 Å². The normalized spacial score (nSPS) is 18.8. The minimum atomic E-state index is 0.530. The van der Waals surface area contributed by atoms with Gasteiger partial charge in [-0.15, -0.1) is 0 Å². The summed E-state index contributed by atoms with van der Waals surface area (Å²) >= 11 is 0. The Morgan fingerprint density at radius 2 is 1.76 bits per heavy atom. The summed E-state index contributed by atoms with van der Waals surface area (Å²) < 4.78 is 0. The SMILES string of the molecule is Cc1cc(C)cc(N2CCNC(Cc3ccccc3)C2)c1. The average molecular weight is 280 g/mol. The molecule has 0 bridgehead atoms. The van der Waals surface area contributed by atoms with Crippen LogP contribution in [0.15, 0.2) is 48.5 Å². The highest BCUT2D eigenvalue weighted by Gasteiger charge is 2.20. The van der Waals surface area contributed by atoms with Gasteiger partial charge in [0.2, 0.25) is 0 Å². The second kappa shape index (κ2) is 6.31. The fourth-order valence-electron chi connectivity index (χ4n) is 3.23. The molecule has 2 heteroatoms. The summed E-state index contributed by atoms with van der Waals surface area (Å²) in [4.78, 5) is 2.52. The lowest BCUT2D eigenvalue weighted by molar-refractivity contribution is 0.454. The van der Waals surface area contributed by atoms with E-state index in [2.05, 4.69) is 72.6 Å². The molecular weight excluding hydrogens is 256 g/mol. The van der Waals surface area contributed by atoms with Gasteiger partial charge < -0.3 is 10.2 Å². The van der Waals surface area contributed by atoms with Crippen molar-refractivity contribution in [2.45, 2.75) is 26.3 Å². The summed E-state index contributed by atoms with van der Waals surface area (Å²) in [6, 6.07) is 18.2. The van der Waals surface area contributed by atoms with Gasteiger partial charge in [0.05, 0.1) is 0 Å². The maximum Gasteiger partial charge on any atom is 0.0372 e. The van der Waals surface area contributed by atoms with E-state index in [4.69, 9.17) is 0 Å². The Labute approximate surface area is 127 Å². The number of rotatable bonds is 3. The number of aryl methyl sites for hydroxylation is 2. The van der Waals surface area contributed by atoms with Crippen molar-refractivity contribution in [3.8, 4) is 0 Å². The van der Waals surface area contributed by atoms with Crippen LogP contribution in [-0.4, -0.2) is 25.7 Å². The topological polar surface area (TPSA) is 15.3 Å². The fraction of sp³-hybridized carbons (Fsp3) is 0.368. The molecule has 1 atom stereocenters. The Hall–Kier alpha value is -1.80. The summed E-state index contributed by atoms with van der Waals surface area (Å²) in [6.45, 7) is 7.59. The molecule has 3 rings (SSSR count). The first kappa shape index (κ1) is 14.2. The van der Waals surface area contributed by atoms with Crippen molar-refractivity contribution in [3.63, 3.8) is 0 Å². The van der Waals surface area contributed by atoms with Crippen molar-refractivity contribution in [1.29, 1.82) is 0 Å². The number of piperazine rings is 1. The number of hydrogen-bond acceptors (Lipinski definition) is 2. The van der Waals surface area contributed by atoms with Gasteiger partial charge in [-0.2, -0.15) is 0 Å². The first-order valence-corrected chi connectivity index (χ1v) is 7.81. The highest BCUT2D eigenvalue weighted by atomic mass is 15.2. The number of nitrogens with one attached hydrogen (secondary N) is 1. The van der Waals surface area contributed by atoms with Gasteiger partial charge in [0, 0.05) is 31.4 Å². The zero-order chi connectivity index (χ0) is 14.7. The largest absolute Gasteiger partial charge is 0.369 e. The Kier molecular flexibility index (Phi) is 4.26. The summed E-state index contributed by atoms with van der Waals surface area (Å²) in [7, 11) is 0. The number of anilines is 1. The molecular formula is C19H24N2. The first-order valence-electron chi connectivity index (χ1n) is 7.81. The van der Waals surface area contributed by atoms with E-state index in [1.165, 1.54) is 22.4 Å². The Balaban J connectivity index is 1.70. The molecule has 1 aliphatic heterocycles. The number of nitrogens with zero attached hydrogens (tertiary/aromatic N) is 1. The van der Waals surface area contributed by atoms with E-state index in [1.807, 2.05) is 0 Å². The molecule has 0 spiro atoms. The molecule has 1 saturated heterocycles. The van der Waals surface area contributed by atoms with Crippen molar-refractivity contribution in [2.24, 2.45) is 0 Å². The molecule has 1 unspecified atom stereocenters. The van der Waals surface area contributed by atoms with Gasteiger partial charge in [0.1, 0.15) is 0 Å². The molecule has 2 aromatic rings. The van der Waals surface area contributed by atoms with Gasteiger partial charge >= 0.3 is 0 Å². The van der Waals surface area contributed by atoms with E-state index in [1.54, 1.807) is 0 Å². The van der Waals surface area contributed by atoms with Crippen LogP contribution in [0.1, 0.15) is 16.7 Å². The van der Waals surface area contributed by atoms with Crippen LogP contribution < -0.4 is 10.2 Å². The molecule has 2 nitrogen and oxygen atoms in total. The lowest BCUT2D eigenvalue weighted by atomic mass is 10.0. The van der Waals surface area contributed by atoms with Crippen LogP contribution in [-0.2, 0) is 6.42 Å². The lowest BCUT2D eigenvalue weighted by Gasteiger charge is -2.35. The second-order valence-electron chi connectivity index (χ2n) is 6.13. The van der Waals surface area contributed by atoms with E-state index in [0.717, 1.165) is 26.1 Å². The molecule has 0 radical (unpaired) electrons. The minimum absolute atomic E-state index is 0.530. The maximum absolute atomic E-state index is 3.65. The quantitative estimate of drug-likeness (QED) is 0.928. The van der Waals surface area contributed by atoms with Crippen LogP contribution in [0.2, 0.25) is 0 Å². The monoisotopic (exact) mass is 280 g/mol. The molecule has 0 aliphatic carbocycles. The summed E-state index contributed by atoms with van der Waals surface area (Å²) in [5.41, 5.74) is 5.48. The Morgan fingerprint density at radius 1 is 1.05 bits per heavy atom. The second-order valence-corrected chi connectivity index (χ2v) is 6.13. The van der Waals surface area contributed by atoms with E-state index >= 15 is 0 Å². The molecule has 1 aliphatic rings. The molecule has 0 saturated carbocycles. The van der Waals surface area contributed by atoms with Crippen molar-refractivity contribution >= 4 is 5.69 Å². The van der Waals surface area contributed by atoms with Gasteiger partial charge in [0.25, 0.3) is 0 Å². The summed E-state index contributed by atoms with van der Waals surface area (Å²) in [5, 5.41) is 3.65. The van der Waals surface area contributed by atoms with Crippen molar-refractivity contribution in [2.75, 3.05) is 24.5 Å². The fourth-order valence-corrected chi connectivity index (χ4v) is 3.23. The van der Waals surface area contributed by atoms with Gasteiger partial charge in [-0.25, -0.2) is 0 Å². The molecule has 1 fully saturated rings. The molecule has 110 valence electrons. The van der Waals surface area contributed by atoms with Crippen LogP contribution in [0.3, 0.4) is 0 Å². The van der Waals surface area contributed by atoms with Gasteiger partial charge in [0.15, 0.2) is 0 Å². The lowest BCUT2D eigenvalue weighted by Crippen LogP contribution is -2.51. The van der Waals surface area contributed by atoms with Gasteiger partial charge in [-0.1, -0.05) is 36.4 Å². The third kappa shape index (κ3) is 3.64. The van der Waals surface area contributed by atoms with Crippen LogP contribution in [0.5, 0.6) is 0 Å². The maximum atomic E-state index is 3.65. The van der Waals surface area contributed by atoms with Crippen LogP contribution in [0, 0.1) is 13.8 Å². The molecule has 0 amide bonds. The zero-order valence-corrected chi connectivity index (χ0v) is 13.0. The van der Waals surface area contributed by atoms with Gasteiger partial charge in [-0.05, 0) is 49.1 Å². The Morgan fingerprint density at radius 3 is 2.48 bits per heavy atom. The predicted molar refractivity (Wildman–Crippen MR) is 90.1 cm³/mol. The standard InChI is InChI=1S/C19H24N2/c1-15-10-16(2)12-19(11-15)21-9-8-20-18(14-21)13-17-6-4-3-5-7-17/h3-7,10-12,18,20H,8-9,13-14H2,1-2H3. The first-order chi connectivity index (χ1) is 10.2. The van der Waals surface area contributed by atoms with Gasteiger partial charge in [-0.3, -0.25) is 0 Å². The minimum Gasteiger partial charge on any atom is -0.369 e. The highest BCUT2D eigenvalue weighted by Crippen LogP contribution is 2.20. The number of benzene rings is 2. The molecule has 21 heavy (non-hydrogen) atoms. The van der Waals surface area contributed by atoms with Crippen LogP contribution in [0.25, 0.3) is 0 Å². The smallest absolute Gasteiger partial charge is 0.0372 e. The molecule has 1 heterocycles. The molecule has 1 N–H and O–H groups in total. The summed E-state index contributed by atoms with van der Waals surface area (Å²) in [6.07, 6.45) is 1.10. The summed E-state index contributed by atoms with van der Waals surface area (Å²) in [5.74, 6) is 0. The highest BCUT2D eigenvalue weighted by molar-refractivity contribution is 5.51. The average Bonchev–Trinajstić information content (AvgIpc) is 2.47. The predicted octanol–water partition coefficient (Wildman–Crippen LogP) is 3.32. The molecule has 0 aromatic heterocycles. The van der Waals surface area contributed by atoms with E-state index in [9.17, 15) is 0 Å². The van der Waals surface area contributed by atoms with E-state index < -0.39 is 0 Å². The van der Waals surface area contributed by atoms with Crippen LogP contribution in [0.4, 0.5) is 5.69 Å². The van der Waals surface area contributed by atoms with Crippen LogP contribution >= 0.6 is 0 Å². The molecule has 2 aromatic carbocycles. The van der Waals surface area contributed by atoms with Crippen molar-refractivity contribution in [1.82, 2.24) is 5.32 Å². The Bertz CT molecular complexity index is 572. The third-order valence-electron chi connectivity index (χ3n) is 4.15. The zero-order valence-electron chi connectivity index (χ0n) is 13.0. The van der Waals surface area contributed by atoms with Crippen molar-refractivity contribution < 1.29 is 0 Å². The van der Waals surface area contributed by atoms with E-state index in [0.29, 0.717) is 6.04 Å². The number of hydrogen-bond donors (Lipinski definition) is 1.